The van der Waals surface area contributed by atoms with Crippen LogP contribution in [0.4, 0.5) is 13.2 Å². The number of hydrogen-bond donors (Lipinski definition) is 1. The number of aliphatic carboxylic acids is 1. The highest BCUT2D eigenvalue weighted by Gasteiger charge is 2.38. The Kier molecular flexibility index (Phi) is 6.73. The molecule has 4 rings (SSSR count). The van der Waals surface area contributed by atoms with Crippen LogP contribution in [0.2, 0.25) is 0 Å². The van der Waals surface area contributed by atoms with E-state index in [0.29, 0.717) is 6.04 Å². The Morgan fingerprint density at radius 2 is 2.07 bits per heavy atom. The Hall–Kier alpha value is -1.91. The minimum absolute atomic E-state index is 0.348. The van der Waals surface area contributed by atoms with Crippen LogP contribution in [0.3, 0.4) is 0 Å². The van der Waals surface area contributed by atoms with Gasteiger partial charge in [-0.2, -0.15) is 29.6 Å². The van der Waals surface area contributed by atoms with E-state index in [1.165, 1.54) is 24.1 Å². The van der Waals surface area contributed by atoms with E-state index in [1.807, 2.05) is 6.20 Å². The molecule has 1 N–H and O–H groups in total. The van der Waals surface area contributed by atoms with Crippen molar-refractivity contribution in [3.8, 4) is 0 Å². The van der Waals surface area contributed by atoms with Crippen LogP contribution in [0.25, 0.3) is 0 Å². The fraction of sp³-hybridized carbons (Fsp3) is 0.556. The molecule has 10 heteroatoms. The molecule has 2 aromatic rings. The van der Waals surface area contributed by atoms with Gasteiger partial charge in [-0.1, -0.05) is 0 Å². The fourth-order valence-electron chi connectivity index (χ4n) is 3.00. The number of halogens is 3. The molecule has 1 aliphatic carbocycles. The summed E-state index contributed by atoms with van der Waals surface area (Å²) in [6.45, 7) is 4.74. The summed E-state index contributed by atoms with van der Waals surface area (Å²) in [5.41, 5.74) is 2.71. The second kappa shape index (κ2) is 9.06. The molecule has 0 spiro atoms. The molecule has 154 valence electrons. The van der Waals surface area contributed by atoms with Gasteiger partial charge in [-0.15, -0.1) is 0 Å². The average molecular weight is 417 g/mol. The molecule has 0 radical (unpaired) electrons. The minimum atomic E-state index is -5.08. The van der Waals surface area contributed by atoms with E-state index in [4.69, 9.17) is 14.6 Å². The number of carboxylic acids is 1. The van der Waals surface area contributed by atoms with Crippen molar-refractivity contribution >= 4 is 17.3 Å². The Morgan fingerprint density at radius 3 is 2.68 bits per heavy atom. The first kappa shape index (κ1) is 20.8. The molecule has 2 aromatic heterocycles. The number of hydrogen-bond acceptors (Lipinski definition) is 5. The van der Waals surface area contributed by atoms with E-state index < -0.39 is 12.1 Å². The lowest BCUT2D eigenvalue weighted by molar-refractivity contribution is -0.192. The quantitative estimate of drug-likeness (QED) is 0.779. The molecule has 1 saturated carbocycles. The minimum Gasteiger partial charge on any atom is -0.475 e. The van der Waals surface area contributed by atoms with Crippen molar-refractivity contribution in [3.05, 3.63) is 40.3 Å². The maximum Gasteiger partial charge on any atom is 0.490 e. The number of carboxylic acid groups (broad SMARTS) is 1. The Morgan fingerprint density at radius 1 is 1.32 bits per heavy atom. The zero-order valence-electron chi connectivity index (χ0n) is 15.1. The van der Waals surface area contributed by atoms with E-state index in [0.717, 1.165) is 38.8 Å². The molecule has 28 heavy (non-hydrogen) atoms. The van der Waals surface area contributed by atoms with E-state index in [-0.39, 0.29) is 0 Å². The van der Waals surface area contributed by atoms with Gasteiger partial charge in [-0.25, -0.2) is 4.79 Å². The molecule has 0 amide bonds. The molecule has 0 bridgehead atoms. The predicted molar refractivity (Wildman–Crippen MR) is 96.9 cm³/mol. The summed E-state index contributed by atoms with van der Waals surface area (Å²) in [5.74, 6) is -1.93. The van der Waals surface area contributed by atoms with Gasteiger partial charge in [0, 0.05) is 32.4 Å². The summed E-state index contributed by atoms with van der Waals surface area (Å²) in [7, 11) is 0. The molecule has 1 unspecified atom stereocenters. The van der Waals surface area contributed by atoms with E-state index >= 15 is 0 Å². The summed E-state index contributed by atoms with van der Waals surface area (Å²) in [5, 5.41) is 16.0. The summed E-state index contributed by atoms with van der Waals surface area (Å²) < 4.78 is 39.8. The average Bonchev–Trinajstić information content (AvgIpc) is 3.09. The monoisotopic (exact) mass is 417 g/mol. The van der Waals surface area contributed by atoms with Crippen LogP contribution in [0.15, 0.2) is 29.1 Å². The second-order valence-electron chi connectivity index (χ2n) is 7.01. The number of rotatable bonds is 6. The Balaban J connectivity index is 0.000000279. The van der Waals surface area contributed by atoms with Crippen molar-refractivity contribution in [3.63, 3.8) is 0 Å². The van der Waals surface area contributed by atoms with Crippen LogP contribution in [-0.2, 0) is 22.6 Å². The topological polar surface area (TPSA) is 67.6 Å². The maximum absolute atomic E-state index is 10.6. The Labute approximate surface area is 164 Å². The largest absolute Gasteiger partial charge is 0.490 e. The van der Waals surface area contributed by atoms with Gasteiger partial charge in [0.25, 0.3) is 0 Å². The number of nitrogens with zero attached hydrogens (tertiary/aromatic N) is 3. The first-order chi connectivity index (χ1) is 13.3. The van der Waals surface area contributed by atoms with Gasteiger partial charge < -0.3 is 9.84 Å². The van der Waals surface area contributed by atoms with Crippen molar-refractivity contribution < 1.29 is 27.8 Å². The zero-order chi connectivity index (χ0) is 20.1. The van der Waals surface area contributed by atoms with E-state index in [2.05, 4.69) is 37.6 Å². The van der Waals surface area contributed by atoms with Crippen molar-refractivity contribution in [2.24, 2.45) is 5.92 Å². The molecule has 6 nitrogen and oxygen atoms in total. The molecule has 1 atom stereocenters. The lowest BCUT2D eigenvalue weighted by Crippen LogP contribution is -2.39. The highest BCUT2D eigenvalue weighted by molar-refractivity contribution is 7.07. The molecule has 1 fully saturated rings. The highest BCUT2D eigenvalue weighted by atomic mass is 32.1. The number of fused-ring (bicyclic) bond motifs is 1. The molecule has 0 aromatic carbocycles. The number of aromatic nitrogens is 2. The molecular weight excluding hydrogens is 395 g/mol. The lowest BCUT2D eigenvalue weighted by Gasteiger charge is -2.33. The number of thiophene rings is 1. The molecule has 2 aliphatic rings. The molecule has 3 heterocycles. The van der Waals surface area contributed by atoms with E-state index in [1.54, 1.807) is 11.3 Å². The van der Waals surface area contributed by atoms with Gasteiger partial charge in [-0.3, -0.25) is 9.58 Å². The molecule has 1 aliphatic heterocycles. The summed E-state index contributed by atoms with van der Waals surface area (Å²) in [6, 6.07) is 4.70. The van der Waals surface area contributed by atoms with Gasteiger partial charge in [-0.05, 0) is 47.2 Å². The first-order valence-electron chi connectivity index (χ1n) is 8.96. The van der Waals surface area contributed by atoms with Crippen LogP contribution in [0.5, 0.6) is 0 Å². The number of carbonyl (C=O) groups is 1. The van der Waals surface area contributed by atoms with Gasteiger partial charge >= 0.3 is 12.1 Å². The summed E-state index contributed by atoms with van der Waals surface area (Å²) in [6.07, 6.45) is -0.471. The molecule has 0 saturated heterocycles. The third-order valence-electron chi connectivity index (χ3n) is 4.54. The number of ether oxygens (including phenoxy) is 1. The van der Waals surface area contributed by atoms with Crippen LogP contribution in [-0.4, -0.2) is 51.7 Å². The maximum atomic E-state index is 10.6. The van der Waals surface area contributed by atoms with Crippen LogP contribution in [0.1, 0.15) is 30.1 Å². The van der Waals surface area contributed by atoms with Crippen molar-refractivity contribution in [1.29, 1.82) is 0 Å². The predicted octanol–water partition coefficient (Wildman–Crippen LogP) is 3.56. The fourth-order valence-corrected chi connectivity index (χ4v) is 3.66. The van der Waals surface area contributed by atoms with Crippen LogP contribution >= 0.6 is 11.3 Å². The van der Waals surface area contributed by atoms with Crippen molar-refractivity contribution in [2.75, 3.05) is 19.8 Å². The summed E-state index contributed by atoms with van der Waals surface area (Å²) in [4.78, 5) is 11.4. The van der Waals surface area contributed by atoms with Gasteiger partial charge in [0.05, 0.1) is 18.3 Å². The normalized spacial score (nSPS) is 19.6. The second-order valence-corrected chi connectivity index (χ2v) is 7.79. The van der Waals surface area contributed by atoms with Crippen LogP contribution < -0.4 is 0 Å². The van der Waals surface area contributed by atoms with Gasteiger partial charge in [0.1, 0.15) is 0 Å². The van der Waals surface area contributed by atoms with Gasteiger partial charge in [0.15, 0.2) is 0 Å². The van der Waals surface area contributed by atoms with Crippen LogP contribution in [0, 0.1) is 5.92 Å². The standard InChI is InChI=1S/C16H21N3OS.C2HF3O2/c1-2-13(1)10-20-11-16-9-18(7-14-4-6-21-12-14)8-15-3-5-17-19(15)16;3-2(4,5)1(6)7/h3-6,12-13,16H,1-2,7-11H2;(H,6,7). The van der Waals surface area contributed by atoms with Gasteiger partial charge in [0.2, 0.25) is 0 Å². The smallest absolute Gasteiger partial charge is 0.475 e. The first-order valence-corrected chi connectivity index (χ1v) is 9.91. The summed E-state index contributed by atoms with van der Waals surface area (Å²) >= 11 is 1.77. The lowest BCUT2D eigenvalue weighted by atomic mass is 10.2. The zero-order valence-corrected chi connectivity index (χ0v) is 16.0. The Bertz CT molecular complexity index is 760. The van der Waals surface area contributed by atoms with E-state index in [9.17, 15) is 13.2 Å². The van der Waals surface area contributed by atoms with Crippen molar-refractivity contribution in [1.82, 2.24) is 14.7 Å². The highest BCUT2D eigenvalue weighted by Crippen LogP contribution is 2.29. The SMILES string of the molecule is O=C(O)C(F)(F)F.c1cc2n(n1)C(COCC1CC1)CN(Cc1ccsc1)C2. The molecular formula is C18H22F3N3O3S. The number of alkyl halides is 3. The third kappa shape index (κ3) is 6.05. The third-order valence-corrected chi connectivity index (χ3v) is 5.27. The van der Waals surface area contributed by atoms with Crippen molar-refractivity contribution in [2.45, 2.75) is 38.1 Å².